The van der Waals surface area contributed by atoms with Gasteiger partial charge in [-0.05, 0) is 62.6 Å². The van der Waals surface area contributed by atoms with Crippen molar-refractivity contribution in [2.75, 3.05) is 0 Å². The number of para-hydroxylation sites is 1. The molecule has 0 aliphatic carbocycles. The van der Waals surface area contributed by atoms with E-state index in [1.165, 1.54) is 31.2 Å². The Bertz CT molecular complexity index is 861. The fraction of sp³-hybridized carbons (Fsp3) is 0.556. The molecule has 0 N–H and O–H groups in total. The third-order valence-electron chi connectivity index (χ3n) is 7.94. The van der Waals surface area contributed by atoms with Gasteiger partial charge in [0, 0.05) is 24.5 Å². The molecule has 0 spiro atoms. The van der Waals surface area contributed by atoms with Crippen LogP contribution in [0.3, 0.4) is 0 Å². The first-order valence-corrected chi connectivity index (χ1v) is 12.2. The summed E-state index contributed by atoms with van der Waals surface area (Å²) >= 11 is 0. The molecule has 1 radical (unpaired) electrons. The van der Waals surface area contributed by atoms with E-state index in [0.717, 1.165) is 31.4 Å². The van der Waals surface area contributed by atoms with Crippen molar-refractivity contribution >= 4 is 0 Å². The highest BCUT2D eigenvalue weighted by Crippen LogP contribution is 2.49. The van der Waals surface area contributed by atoms with E-state index in [1.54, 1.807) is 0 Å². The van der Waals surface area contributed by atoms with Crippen LogP contribution in [0.1, 0.15) is 56.9 Å². The first-order valence-electron chi connectivity index (χ1n) is 12.2. The quantitative estimate of drug-likeness (QED) is 0.670. The topological polar surface area (TPSA) is 35.8 Å². The van der Waals surface area contributed by atoms with Gasteiger partial charge in [-0.2, -0.15) is 0 Å². The summed E-state index contributed by atoms with van der Waals surface area (Å²) in [5.41, 5.74) is 1.28. The molecular weight excluding hydrogens is 384 g/mol. The molecule has 5 unspecified atom stereocenters. The van der Waals surface area contributed by atoms with E-state index in [9.17, 15) is 0 Å². The van der Waals surface area contributed by atoms with Gasteiger partial charge in [0.1, 0.15) is 11.9 Å². The number of fused-ring (bicyclic) bond motifs is 5. The number of ether oxygens (including phenoxy) is 2. The van der Waals surface area contributed by atoms with Gasteiger partial charge in [0.05, 0.1) is 18.4 Å². The zero-order chi connectivity index (χ0) is 20.7. The molecule has 2 aromatic carbocycles. The predicted octanol–water partition coefficient (Wildman–Crippen LogP) is 4.90. The van der Waals surface area contributed by atoms with Crippen molar-refractivity contribution < 1.29 is 9.47 Å². The van der Waals surface area contributed by atoms with Crippen LogP contribution in [0, 0.1) is 0 Å². The highest BCUT2D eigenvalue weighted by molar-refractivity contribution is 5.22. The number of nitrogens with zero attached hydrogens (tertiary/aromatic N) is 2. The van der Waals surface area contributed by atoms with Crippen molar-refractivity contribution in [1.82, 2.24) is 10.2 Å². The number of piperidine rings is 2. The average Bonchev–Trinajstić information content (AvgIpc) is 3.27. The van der Waals surface area contributed by atoms with Crippen LogP contribution < -0.4 is 10.1 Å². The third kappa shape index (κ3) is 3.90. The number of rotatable bonds is 6. The van der Waals surface area contributed by atoms with Gasteiger partial charge in [0.2, 0.25) is 0 Å². The van der Waals surface area contributed by atoms with Crippen molar-refractivity contribution in [3.8, 4) is 5.75 Å². The van der Waals surface area contributed by atoms with E-state index >= 15 is 0 Å². The van der Waals surface area contributed by atoms with Gasteiger partial charge in [0.25, 0.3) is 0 Å². The molecule has 5 atom stereocenters. The molecule has 4 saturated heterocycles. The monoisotopic (exact) mass is 417 g/mol. The molecule has 4 fully saturated rings. The van der Waals surface area contributed by atoms with Crippen LogP contribution in [-0.2, 0) is 11.3 Å². The summed E-state index contributed by atoms with van der Waals surface area (Å²) in [6.45, 7) is 0.716. The summed E-state index contributed by atoms with van der Waals surface area (Å²) in [6, 6.07) is 22.6. The molecular formula is C27H33N2O2. The normalized spacial score (nSPS) is 37.1. The molecule has 6 rings (SSSR count). The Morgan fingerprint density at radius 3 is 2.29 bits per heavy atom. The lowest BCUT2D eigenvalue weighted by molar-refractivity contribution is -0.0927. The fourth-order valence-electron chi connectivity index (χ4n) is 6.75. The molecule has 0 saturated carbocycles. The summed E-state index contributed by atoms with van der Waals surface area (Å²) in [5, 5.41) is 5.41. The number of benzene rings is 2. The van der Waals surface area contributed by atoms with E-state index in [2.05, 4.69) is 65.6 Å². The smallest absolute Gasteiger partial charge is 0.119 e. The molecule has 31 heavy (non-hydrogen) atoms. The third-order valence-corrected chi connectivity index (χ3v) is 7.94. The summed E-state index contributed by atoms with van der Waals surface area (Å²) in [6.07, 6.45) is 10.1. The van der Waals surface area contributed by atoms with Gasteiger partial charge in [0.15, 0.2) is 0 Å². The van der Waals surface area contributed by atoms with Gasteiger partial charge in [-0.15, -0.1) is 0 Å². The van der Waals surface area contributed by atoms with Crippen LogP contribution in [0.25, 0.3) is 0 Å². The van der Waals surface area contributed by atoms with Gasteiger partial charge >= 0.3 is 0 Å². The lowest BCUT2D eigenvalue weighted by Gasteiger charge is -2.51. The van der Waals surface area contributed by atoms with E-state index in [0.29, 0.717) is 36.9 Å². The standard InChI is InChI=1S/C27H33N2O2/c1-3-7-20(8-4-1)19-30-26-15-21-13-14-27(18-26,28-21)29-22-11-12-23(29)17-25(16-22)31-24-9-5-2-6-10-24/h1-10,21-23,25-26H,11-19H2. The van der Waals surface area contributed by atoms with Crippen LogP contribution in [0.2, 0.25) is 0 Å². The molecule has 2 aromatic rings. The Labute approximate surface area is 185 Å². The van der Waals surface area contributed by atoms with Gasteiger partial charge in [-0.25, -0.2) is 5.32 Å². The van der Waals surface area contributed by atoms with Crippen molar-refractivity contribution in [3.63, 3.8) is 0 Å². The molecule has 163 valence electrons. The Morgan fingerprint density at radius 1 is 0.839 bits per heavy atom. The second kappa shape index (κ2) is 8.23. The first-order chi connectivity index (χ1) is 15.3. The largest absolute Gasteiger partial charge is 0.490 e. The molecule has 4 aliphatic heterocycles. The number of hydrogen-bond acceptors (Lipinski definition) is 3. The average molecular weight is 418 g/mol. The molecule has 4 nitrogen and oxygen atoms in total. The van der Waals surface area contributed by atoms with Crippen LogP contribution in [0.5, 0.6) is 5.75 Å². The Morgan fingerprint density at radius 2 is 1.55 bits per heavy atom. The van der Waals surface area contributed by atoms with Gasteiger partial charge in [-0.3, -0.25) is 4.90 Å². The second-order valence-electron chi connectivity index (χ2n) is 9.98. The SMILES string of the molecule is c1ccc(COC2CC3CCC(N4C5CCC4CC(Oc4ccccc4)C5)(C2)[N]3)cc1. The lowest BCUT2D eigenvalue weighted by Crippen LogP contribution is -2.64. The van der Waals surface area contributed by atoms with Crippen molar-refractivity contribution in [2.24, 2.45) is 0 Å². The van der Waals surface area contributed by atoms with Crippen molar-refractivity contribution in [2.45, 2.75) is 94.0 Å². The van der Waals surface area contributed by atoms with Gasteiger partial charge < -0.3 is 9.47 Å². The minimum Gasteiger partial charge on any atom is -0.490 e. The van der Waals surface area contributed by atoms with Crippen LogP contribution >= 0.6 is 0 Å². The maximum Gasteiger partial charge on any atom is 0.119 e. The van der Waals surface area contributed by atoms with Crippen LogP contribution in [-0.4, -0.2) is 40.9 Å². The molecule has 0 amide bonds. The van der Waals surface area contributed by atoms with E-state index < -0.39 is 0 Å². The predicted molar refractivity (Wildman–Crippen MR) is 121 cm³/mol. The fourth-order valence-corrected chi connectivity index (χ4v) is 6.75. The van der Waals surface area contributed by atoms with Crippen LogP contribution in [0.4, 0.5) is 0 Å². The summed E-state index contributed by atoms with van der Waals surface area (Å²) in [7, 11) is 0. The Hall–Kier alpha value is -1.88. The zero-order valence-electron chi connectivity index (χ0n) is 18.2. The zero-order valence-corrected chi connectivity index (χ0v) is 18.2. The van der Waals surface area contributed by atoms with Crippen molar-refractivity contribution in [3.05, 3.63) is 66.2 Å². The maximum atomic E-state index is 6.45. The molecule has 0 aromatic heterocycles. The number of hydrogen-bond donors (Lipinski definition) is 0. The van der Waals surface area contributed by atoms with E-state index in [1.807, 2.05) is 0 Å². The Balaban J connectivity index is 1.14. The Kier molecular flexibility index (Phi) is 5.25. The highest BCUT2D eigenvalue weighted by Gasteiger charge is 2.57. The second-order valence-corrected chi connectivity index (χ2v) is 9.98. The lowest BCUT2D eigenvalue weighted by atomic mass is 9.89. The van der Waals surface area contributed by atoms with E-state index in [4.69, 9.17) is 14.8 Å². The van der Waals surface area contributed by atoms with Crippen LogP contribution in [0.15, 0.2) is 60.7 Å². The minimum atomic E-state index is 0.00776. The van der Waals surface area contributed by atoms with E-state index in [-0.39, 0.29) is 5.66 Å². The molecule has 4 heterocycles. The summed E-state index contributed by atoms with van der Waals surface area (Å²) in [5.74, 6) is 1.01. The first kappa shape index (κ1) is 19.8. The van der Waals surface area contributed by atoms with Crippen molar-refractivity contribution in [1.29, 1.82) is 0 Å². The maximum absolute atomic E-state index is 6.45. The molecule has 4 heteroatoms. The summed E-state index contributed by atoms with van der Waals surface area (Å²) in [4.78, 5) is 2.83. The van der Waals surface area contributed by atoms with Gasteiger partial charge in [-0.1, -0.05) is 48.5 Å². The minimum absolute atomic E-state index is 0.00776. The highest BCUT2D eigenvalue weighted by atomic mass is 16.5. The summed E-state index contributed by atoms with van der Waals surface area (Å²) < 4.78 is 12.8. The molecule has 4 bridgehead atoms. The molecule has 4 aliphatic rings.